The Balaban J connectivity index is 1.26. The molecular formula is C38H49N3O7S2. The number of ether oxygens (including phenoxy) is 2. The molecule has 2 fully saturated rings. The Hall–Kier alpha value is -3.22. The molecule has 1 spiro atoms. The van der Waals surface area contributed by atoms with E-state index in [0.29, 0.717) is 42.6 Å². The smallest absolute Gasteiger partial charge is 0.285 e. The molecule has 2 aliphatic carbocycles. The Kier molecular flexibility index (Phi) is 9.90. The molecule has 0 N–H and O–H groups in total. The number of hydrogen-bond acceptors (Lipinski definition) is 8. The van der Waals surface area contributed by atoms with E-state index in [1.165, 1.54) is 21.6 Å². The van der Waals surface area contributed by atoms with Crippen LogP contribution in [0.4, 0.5) is 5.69 Å². The molecule has 3 aliphatic heterocycles. The van der Waals surface area contributed by atoms with E-state index in [2.05, 4.69) is 46.5 Å². The van der Waals surface area contributed by atoms with Gasteiger partial charge in [0.05, 0.1) is 39.6 Å². The summed E-state index contributed by atoms with van der Waals surface area (Å²) < 4.78 is 55.3. The van der Waals surface area contributed by atoms with E-state index >= 15 is 0 Å². The number of rotatable bonds is 3. The fourth-order valence-electron chi connectivity index (χ4n) is 8.60. The van der Waals surface area contributed by atoms with Crippen molar-refractivity contribution < 1.29 is 31.7 Å². The van der Waals surface area contributed by atoms with Gasteiger partial charge < -0.3 is 19.3 Å². The fourth-order valence-corrected chi connectivity index (χ4v) is 11.7. The summed E-state index contributed by atoms with van der Waals surface area (Å²) in [6, 6.07) is 12.2. The van der Waals surface area contributed by atoms with Crippen LogP contribution in [-0.4, -0.2) is 98.4 Å². The molecule has 2 aromatic carbocycles. The molecule has 10 nitrogen and oxygen atoms in total. The minimum absolute atomic E-state index is 0.0457. The van der Waals surface area contributed by atoms with Gasteiger partial charge in [0.25, 0.3) is 5.91 Å². The summed E-state index contributed by atoms with van der Waals surface area (Å²) in [4.78, 5) is 31.1. The second-order valence-electron chi connectivity index (χ2n) is 15.0. The molecule has 0 aromatic heterocycles. The van der Waals surface area contributed by atoms with E-state index in [1.807, 2.05) is 12.1 Å². The number of amides is 2. The SMILES string of the molecule is COC1/C=C/CCCS(=O)(CC(=O)N2CCS(=O)(=O)CC2)=NC(=O)c2ccc3c(c2)N(CC2CCC21)CC1(CCCc2cc(C)ccc21)CO3. The number of aryl methyl sites for hydroxylation is 2. The number of fused-ring (bicyclic) bond motifs is 4. The first-order chi connectivity index (χ1) is 24.0. The average Bonchev–Trinajstić information content (AvgIpc) is 3.22. The highest BCUT2D eigenvalue weighted by molar-refractivity contribution is 7.94. The molecule has 2 aromatic rings. The first-order valence-electron chi connectivity index (χ1n) is 18.0. The molecule has 5 aliphatic rings. The monoisotopic (exact) mass is 723 g/mol. The summed E-state index contributed by atoms with van der Waals surface area (Å²) in [5, 5.41) is 0. The average molecular weight is 724 g/mol. The van der Waals surface area contributed by atoms with Crippen LogP contribution in [0.5, 0.6) is 5.75 Å². The Labute approximate surface area is 296 Å². The van der Waals surface area contributed by atoms with Crippen molar-refractivity contribution in [3.63, 3.8) is 0 Å². The van der Waals surface area contributed by atoms with Gasteiger partial charge in [-0.1, -0.05) is 35.9 Å². The van der Waals surface area contributed by atoms with Crippen molar-refractivity contribution in [2.75, 3.05) is 67.8 Å². The molecule has 2 amide bonds. The standard InChI is InChI=1S/C38H49N3O7S2/c1-27-9-13-32-28(21-27)7-6-15-38(32)25-41-23-30-10-12-31(30)34(47-2)8-4-3-5-18-49(44,24-36(42)40-16-19-50(45,46)20-17-40)39-37(43)29-11-14-35(48-26-38)33(41)22-29/h4,8-9,11,13-14,21-22,30-31,34H,3,5-7,10,12,15-20,23-26H2,1-2H3/b8-4+. The minimum Gasteiger partial charge on any atom is -0.490 e. The second-order valence-corrected chi connectivity index (χ2v) is 19.7. The van der Waals surface area contributed by atoms with Crippen molar-refractivity contribution >= 4 is 37.1 Å². The molecule has 270 valence electrons. The van der Waals surface area contributed by atoms with Crippen LogP contribution in [0.2, 0.25) is 0 Å². The lowest BCUT2D eigenvalue weighted by molar-refractivity contribution is -0.128. The van der Waals surface area contributed by atoms with Crippen LogP contribution in [-0.2, 0) is 40.9 Å². The topological polar surface area (TPSA) is 123 Å². The normalized spacial score (nSPS) is 31.6. The van der Waals surface area contributed by atoms with Gasteiger partial charge >= 0.3 is 0 Å². The van der Waals surface area contributed by atoms with E-state index in [-0.39, 0.29) is 41.9 Å². The Morgan fingerprint density at radius 3 is 2.64 bits per heavy atom. The summed E-state index contributed by atoms with van der Waals surface area (Å²) in [6.45, 7) is 4.33. The molecule has 1 saturated heterocycles. The van der Waals surface area contributed by atoms with Crippen molar-refractivity contribution in [3.8, 4) is 5.75 Å². The molecule has 2 bridgehead atoms. The fraction of sp³-hybridized carbons (Fsp3) is 0.579. The van der Waals surface area contributed by atoms with Gasteiger partial charge in [-0.05, 0) is 93.0 Å². The number of benzene rings is 2. The Morgan fingerprint density at radius 1 is 1.06 bits per heavy atom. The van der Waals surface area contributed by atoms with E-state index in [0.717, 1.165) is 50.9 Å². The van der Waals surface area contributed by atoms with Crippen LogP contribution in [0, 0.1) is 18.8 Å². The van der Waals surface area contributed by atoms with Crippen LogP contribution in [0.1, 0.15) is 65.6 Å². The number of carbonyl (C=O) groups is 2. The van der Waals surface area contributed by atoms with Crippen molar-refractivity contribution in [2.24, 2.45) is 16.2 Å². The van der Waals surface area contributed by atoms with Crippen LogP contribution in [0.15, 0.2) is 52.9 Å². The molecule has 1 saturated carbocycles. The van der Waals surface area contributed by atoms with Gasteiger partial charge in [-0.15, -0.1) is 0 Å². The molecule has 0 radical (unpaired) electrons. The van der Waals surface area contributed by atoms with Gasteiger partial charge in [0.2, 0.25) is 5.91 Å². The zero-order valence-corrected chi connectivity index (χ0v) is 30.8. The van der Waals surface area contributed by atoms with E-state index in [4.69, 9.17) is 9.47 Å². The van der Waals surface area contributed by atoms with Crippen molar-refractivity contribution in [3.05, 3.63) is 70.8 Å². The highest BCUT2D eigenvalue weighted by atomic mass is 32.2. The minimum atomic E-state index is -3.30. The molecule has 50 heavy (non-hydrogen) atoms. The summed E-state index contributed by atoms with van der Waals surface area (Å²) in [5.74, 6) is -0.171. The largest absolute Gasteiger partial charge is 0.490 e. The molecule has 7 rings (SSSR count). The number of methoxy groups -OCH3 is 1. The van der Waals surface area contributed by atoms with Gasteiger partial charge in [0.1, 0.15) is 11.5 Å². The first kappa shape index (κ1) is 35.2. The number of nitrogens with zero attached hydrogens (tertiary/aromatic N) is 3. The number of allylic oxidation sites excluding steroid dienone is 1. The number of hydrogen-bond donors (Lipinski definition) is 0. The van der Waals surface area contributed by atoms with Gasteiger partial charge in [0, 0.05) is 50.0 Å². The number of carbonyl (C=O) groups excluding carboxylic acids is 2. The highest BCUT2D eigenvalue weighted by Crippen LogP contribution is 2.47. The third kappa shape index (κ3) is 7.25. The lowest BCUT2D eigenvalue weighted by atomic mass is 9.68. The molecule has 12 heteroatoms. The van der Waals surface area contributed by atoms with Crippen LogP contribution in [0.3, 0.4) is 0 Å². The lowest BCUT2D eigenvalue weighted by Crippen LogP contribution is -2.49. The van der Waals surface area contributed by atoms with Gasteiger partial charge in [-0.2, -0.15) is 4.36 Å². The Morgan fingerprint density at radius 2 is 1.88 bits per heavy atom. The van der Waals surface area contributed by atoms with Crippen molar-refractivity contribution in [1.82, 2.24) is 4.90 Å². The van der Waals surface area contributed by atoms with E-state index in [1.54, 1.807) is 13.2 Å². The molecule has 5 unspecified atom stereocenters. The summed E-state index contributed by atoms with van der Waals surface area (Å²) in [5.41, 5.74) is 4.92. The van der Waals surface area contributed by atoms with Gasteiger partial charge in [-0.25, -0.2) is 12.6 Å². The maximum absolute atomic E-state index is 14.4. The van der Waals surface area contributed by atoms with Crippen LogP contribution < -0.4 is 9.64 Å². The zero-order valence-electron chi connectivity index (χ0n) is 29.2. The van der Waals surface area contributed by atoms with Crippen LogP contribution >= 0.6 is 0 Å². The van der Waals surface area contributed by atoms with Crippen LogP contribution in [0.25, 0.3) is 0 Å². The number of sulfone groups is 1. The third-order valence-corrected chi connectivity index (χ3v) is 15.3. The van der Waals surface area contributed by atoms with Gasteiger partial charge in [-0.3, -0.25) is 9.59 Å². The van der Waals surface area contributed by atoms with E-state index in [9.17, 15) is 22.2 Å². The lowest BCUT2D eigenvalue weighted by Gasteiger charge is -2.46. The summed E-state index contributed by atoms with van der Waals surface area (Å²) >= 11 is 0. The maximum Gasteiger partial charge on any atom is 0.285 e. The molecule has 5 atom stereocenters. The summed E-state index contributed by atoms with van der Waals surface area (Å²) in [7, 11) is -4.73. The zero-order chi connectivity index (χ0) is 35.1. The highest BCUT2D eigenvalue weighted by Gasteiger charge is 2.44. The first-order valence-corrected chi connectivity index (χ1v) is 21.7. The Bertz CT molecular complexity index is 1900. The predicted octanol–water partition coefficient (Wildman–Crippen LogP) is 4.72. The van der Waals surface area contributed by atoms with Crippen molar-refractivity contribution in [1.29, 1.82) is 0 Å². The van der Waals surface area contributed by atoms with E-state index < -0.39 is 37.1 Å². The molecule has 3 heterocycles. The quantitative estimate of drug-likeness (QED) is 0.417. The maximum atomic E-state index is 14.4. The predicted molar refractivity (Wildman–Crippen MR) is 195 cm³/mol. The van der Waals surface area contributed by atoms with Crippen molar-refractivity contribution in [2.45, 2.75) is 63.4 Å². The molecular weight excluding hydrogens is 675 g/mol. The van der Waals surface area contributed by atoms with Gasteiger partial charge in [0.15, 0.2) is 9.84 Å². The third-order valence-electron chi connectivity index (χ3n) is 11.6. The number of anilines is 1. The second kappa shape index (κ2) is 14.1. The summed E-state index contributed by atoms with van der Waals surface area (Å²) in [6.07, 6.45) is 10.5.